The van der Waals surface area contributed by atoms with Crippen LogP contribution in [0.4, 0.5) is 0 Å². The van der Waals surface area contributed by atoms with Gasteiger partial charge in [-0.15, -0.1) is 0 Å². The Balaban J connectivity index is 3.60. The topological polar surface area (TPSA) is 47.7 Å². The smallest absolute Gasteiger partial charge is 0.0375 e. The van der Waals surface area contributed by atoms with Crippen LogP contribution in [0.1, 0.15) is 6.92 Å². The van der Waals surface area contributed by atoms with Gasteiger partial charge in [0.25, 0.3) is 0 Å². The first-order valence-electron chi connectivity index (χ1n) is 1.58. The van der Waals surface area contributed by atoms with Crippen molar-refractivity contribution in [1.29, 1.82) is 10.8 Å². The van der Waals surface area contributed by atoms with E-state index in [2.05, 4.69) is 0 Å². The van der Waals surface area contributed by atoms with E-state index in [0.29, 0.717) is 5.71 Å². The van der Waals surface area contributed by atoms with Crippen molar-refractivity contribution in [3.8, 4) is 0 Å². The quantitative estimate of drug-likeness (QED) is 0.440. The number of nitrogens with one attached hydrogen (secondary N) is 2. The van der Waals surface area contributed by atoms with Crippen LogP contribution in [0.3, 0.4) is 0 Å². The van der Waals surface area contributed by atoms with Crippen LogP contribution in [0.25, 0.3) is 0 Å². The first-order chi connectivity index (χ1) is 2.77. The second kappa shape index (κ2) is 2.36. The lowest BCUT2D eigenvalue weighted by molar-refractivity contribution is 1.50. The van der Waals surface area contributed by atoms with Crippen molar-refractivity contribution in [2.75, 3.05) is 0 Å². The van der Waals surface area contributed by atoms with Crippen LogP contribution in [0.15, 0.2) is 6.08 Å². The molecule has 0 atom stereocenters. The zero-order chi connectivity index (χ0) is 4.99. The monoisotopic (exact) mass is 82.1 g/mol. The molecule has 0 aromatic heterocycles. The lowest BCUT2D eigenvalue weighted by Crippen LogP contribution is -1.75. The third kappa shape index (κ3) is 3.12. The fraction of sp³-hybridized carbons (Fsp3) is 0.250. The lowest BCUT2D eigenvalue weighted by atomic mass is 10.4. The Morgan fingerprint density at radius 1 is 1.83 bits per heavy atom. The van der Waals surface area contributed by atoms with Gasteiger partial charge < -0.3 is 5.41 Å². The van der Waals surface area contributed by atoms with Crippen molar-refractivity contribution >= 4 is 11.6 Å². The molecule has 0 aromatic rings. The Labute approximate surface area is 36.5 Å². The molecule has 0 saturated carbocycles. The standard InChI is InChI=1S/C4H6N2/c1-4(6)2-3-5/h2,5-6H,1H3. The molecule has 0 aliphatic rings. The molecule has 0 heterocycles. The molecular formula is C4H6N2. The third-order valence-corrected chi connectivity index (χ3v) is 0.289. The van der Waals surface area contributed by atoms with Crippen molar-refractivity contribution in [1.82, 2.24) is 0 Å². The van der Waals surface area contributed by atoms with E-state index in [1.54, 1.807) is 6.92 Å². The molecular weight excluding hydrogens is 76.1 g/mol. The van der Waals surface area contributed by atoms with Crippen LogP contribution in [0.5, 0.6) is 0 Å². The number of allylic oxidation sites excluding steroid dienone is 1. The van der Waals surface area contributed by atoms with Crippen LogP contribution in [0, 0.1) is 10.8 Å². The summed E-state index contributed by atoms with van der Waals surface area (Å²) in [7, 11) is 0. The number of rotatable bonds is 1. The summed E-state index contributed by atoms with van der Waals surface area (Å²) in [6, 6.07) is 0. The molecule has 0 unspecified atom stereocenters. The van der Waals surface area contributed by atoms with Crippen molar-refractivity contribution in [2.45, 2.75) is 6.92 Å². The molecule has 0 rings (SSSR count). The van der Waals surface area contributed by atoms with E-state index in [4.69, 9.17) is 10.8 Å². The van der Waals surface area contributed by atoms with E-state index in [0.717, 1.165) is 0 Å². The fourth-order valence-electron chi connectivity index (χ4n) is 0.108. The van der Waals surface area contributed by atoms with Crippen molar-refractivity contribution in [3.63, 3.8) is 0 Å². The average Bonchev–Trinajstić information content (AvgIpc) is 1.35. The van der Waals surface area contributed by atoms with Gasteiger partial charge in [0.1, 0.15) is 0 Å². The van der Waals surface area contributed by atoms with Crippen LogP contribution in [-0.2, 0) is 0 Å². The van der Waals surface area contributed by atoms with Gasteiger partial charge in [-0.05, 0) is 12.8 Å². The largest absolute Gasteiger partial charge is 0.305 e. The molecule has 6 heavy (non-hydrogen) atoms. The van der Waals surface area contributed by atoms with E-state index in [9.17, 15) is 0 Å². The van der Waals surface area contributed by atoms with E-state index in [1.807, 2.05) is 5.87 Å². The van der Waals surface area contributed by atoms with Gasteiger partial charge >= 0.3 is 0 Å². The van der Waals surface area contributed by atoms with Gasteiger partial charge in [0.05, 0.1) is 0 Å². The summed E-state index contributed by atoms with van der Waals surface area (Å²) in [4.78, 5) is 0. The maximum absolute atomic E-state index is 6.66. The SMILES string of the molecule is CC(=N)C=C=N. The first kappa shape index (κ1) is 5.12. The van der Waals surface area contributed by atoms with Crippen molar-refractivity contribution in [3.05, 3.63) is 6.08 Å². The summed E-state index contributed by atoms with van der Waals surface area (Å²) in [6.07, 6.45) is 1.29. The highest BCUT2D eigenvalue weighted by Gasteiger charge is 1.66. The lowest BCUT2D eigenvalue weighted by Gasteiger charge is -1.68. The number of hydrogen-bond donors (Lipinski definition) is 2. The van der Waals surface area contributed by atoms with Crippen LogP contribution in [0.2, 0.25) is 0 Å². The normalized spacial score (nSPS) is 6.17. The molecule has 0 amide bonds. The van der Waals surface area contributed by atoms with E-state index in [1.165, 1.54) is 6.08 Å². The second-order valence-corrected chi connectivity index (χ2v) is 0.972. The van der Waals surface area contributed by atoms with Crippen LogP contribution >= 0.6 is 0 Å². The Hall–Kier alpha value is -0.880. The minimum absolute atomic E-state index is 0.366. The van der Waals surface area contributed by atoms with Gasteiger partial charge in [-0.2, -0.15) is 0 Å². The first-order valence-corrected chi connectivity index (χ1v) is 1.58. The minimum atomic E-state index is 0.366. The summed E-state index contributed by atoms with van der Waals surface area (Å²) in [6.45, 7) is 1.60. The molecule has 0 aliphatic carbocycles. The van der Waals surface area contributed by atoms with Gasteiger partial charge in [0.15, 0.2) is 0 Å². The Morgan fingerprint density at radius 2 is 2.33 bits per heavy atom. The molecule has 32 valence electrons. The maximum atomic E-state index is 6.66. The molecule has 2 nitrogen and oxygen atoms in total. The highest BCUT2D eigenvalue weighted by molar-refractivity contribution is 5.96. The molecule has 0 fully saturated rings. The molecule has 2 heteroatoms. The van der Waals surface area contributed by atoms with Gasteiger partial charge in [0.2, 0.25) is 0 Å². The summed E-state index contributed by atoms with van der Waals surface area (Å²) in [5, 5.41) is 12.9. The Kier molecular flexibility index (Phi) is 2.02. The second-order valence-electron chi connectivity index (χ2n) is 0.972. The molecule has 0 aromatic carbocycles. The molecule has 2 N–H and O–H groups in total. The Morgan fingerprint density at radius 3 is 2.33 bits per heavy atom. The summed E-state index contributed by atoms with van der Waals surface area (Å²) in [5.41, 5.74) is 0.366. The summed E-state index contributed by atoms with van der Waals surface area (Å²) < 4.78 is 0. The zero-order valence-electron chi connectivity index (χ0n) is 3.58. The molecule has 0 bridgehead atoms. The third-order valence-electron chi connectivity index (χ3n) is 0.289. The van der Waals surface area contributed by atoms with Crippen LogP contribution < -0.4 is 0 Å². The van der Waals surface area contributed by atoms with E-state index >= 15 is 0 Å². The fourth-order valence-corrected chi connectivity index (χ4v) is 0.108. The van der Waals surface area contributed by atoms with Gasteiger partial charge in [-0.25, -0.2) is 0 Å². The highest BCUT2D eigenvalue weighted by atomic mass is 14.4. The van der Waals surface area contributed by atoms with Gasteiger partial charge in [-0.1, -0.05) is 0 Å². The maximum Gasteiger partial charge on any atom is 0.0375 e. The summed E-state index contributed by atoms with van der Waals surface area (Å²) in [5.74, 6) is 1.97. The Bertz CT molecular complexity index is 98.1. The minimum Gasteiger partial charge on any atom is -0.305 e. The van der Waals surface area contributed by atoms with Gasteiger partial charge in [0, 0.05) is 11.8 Å². The molecule has 0 radical (unpaired) electrons. The van der Waals surface area contributed by atoms with E-state index in [-0.39, 0.29) is 0 Å². The van der Waals surface area contributed by atoms with Crippen molar-refractivity contribution in [2.24, 2.45) is 0 Å². The van der Waals surface area contributed by atoms with Crippen LogP contribution in [-0.4, -0.2) is 11.6 Å². The summed E-state index contributed by atoms with van der Waals surface area (Å²) >= 11 is 0. The molecule has 0 spiro atoms. The highest BCUT2D eigenvalue weighted by Crippen LogP contribution is 1.61. The van der Waals surface area contributed by atoms with Gasteiger partial charge in [-0.3, -0.25) is 5.41 Å². The van der Waals surface area contributed by atoms with Crippen molar-refractivity contribution < 1.29 is 0 Å². The zero-order valence-corrected chi connectivity index (χ0v) is 3.58. The van der Waals surface area contributed by atoms with E-state index < -0.39 is 0 Å². The average molecular weight is 82.1 g/mol. The molecule has 0 saturated heterocycles. The number of hydrogen-bond acceptors (Lipinski definition) is 2. The molecule has 0 aliphatic heterocycles. The predicted octanol–water partition coefficient (Wildman–Crippen LogP) is 0.831. The predicted molar refractivity (Wildman–Crippen MR) is 25.7 cm³/mol.